The van der Waals surface area contributed by atoms with Crippen LogP contribution < -0.4 is 4.74 Å². The highest BCUT2D eigenvalue weighted by Crippen LogP contribution is 2.20. The molecule has 1 N–H and O–H groups in total. The Kier molecular flexibility index (Phi) is 16.3. The first kappa shape index (κ1) is 30.2. The maximum atomic E-state index is 13.3. The van der Waals surface area contributed by atoms with E-state index in [-0.39, 0.29) is 13.2 Å². The molecule has 0 saturated heterocycles. The predicted octanol–water partition coefficient (Wildman–Crippen LogP) is 6.10. The van der Waals surface area contributed by atoms with Crippen LogP contribution in [0.1, 0.15) is 56.1 Å². The number of hydrogen-bond acceptors (Lipinski definition) is 4. The smallest absolute Gasteiger partial charge is 0.341 e. The first-order valence-corrected chi connectivity index (χ1v) is 9.89. The molecule has 2 aromatic carbocycles. The summed E-state index contributed by atoms with van der Waals surface area (Å²) in [6.07, 6.45) is 0. The van der Waals surface area contributed by atoms with Gasteiger partial charge in [0.1, 0.15) is 11.6 Å². The van der Waals surface area contributed by atoms with E-state index in [1.165, 1.54) is 6.92 Å². The molecule has 0 heterocycles. The second-order valence-electron chi connectivity index (χ2n) is 5.38. The number of carboxylic acid groups (broad SMARTS) is 1. The van der Waals surface area contributed by atoms with Gasteiger partial charge >= 0.3 is 11.9 Å². The summed E-state index contributed by atoms with van der Waals surface area (Å²) in [4.78, 5) is 21.3. The molecule has 2 rings (SSSR count). The van der Waals surface area contributed by atoms with Crippen molar-refractivity contribution in [1.82, 2.24) is 0 Å². The number of benzene rings is 2. The normalized spacial score (nSPS) is 8.97. The van der Waals surface area contributed by atoms with Gasteiger partial charge in [0.2, 0.25) is 0 Å². The van der Waals surface area contributed by atoms with Gasteiger partial charge in [-0.15, -0.1) is 0 Å². The second-order valence-corrected chi connectivity index (χ2v) is 5.38. The fourth-order valence-corrected chi connectivity index (χ4v) is 1.94. The van der Waals surface area contributed by atoms with Gasteiger partial charge in [0.25, 0.3) is 0 Å². The molecule has 8 heteroatoms. The summed E-state index contributed by atoms with van der Waals surface area (Å²) in [6.45, 7) is 12.3. The molecule has 31 heavy (non-hydrogen) atoms. The summed E-state index contributed by atoms with van der Waals surface area (Å²) >= 11 is 0. The van der Waals surface area contributed by atoms with E-state index in [0.29, 0.717) is 11.8 Å². The lowest BCUT2D eigenvalue weighted by Crippen LogP contribution is -2.10. The number of aliphatic carboxylic acids is 1. The quantitative estimate of drug-likeness (QED) is 0.446. The van der Waals surface area contributed by atoms with Crippen LogP contribution in [0.15, 0.2) is 30.3 Å². The average molecular weight is 444 g/mol. The van der Waals surface area contributed by atoms with E-state index in [2.05, 4.69) is 4.74 Å². The molecule has 0 bridgehead atoms. The third-order valence-corrected chi connectivity index (χ3v) is 3.22. The topological polar surface area (TPSA) is 72.8 Å². The van der Waals surface area contributed by atoms with Crippen LogP contribution in [0.3, 0.4) is 0 Å². The number of carbonyl (C=O) groups excluding carboxylic acids is 1. The zero-order valence-corrected chi connectivity index (χ0v) is 19.0. The Bertz CT molecular complexity index is 823. The number of rotatable bonds is 5. The Hall–Kier alpha value is -3.03. The number of halogens is 3. The first-order chi connectivity index (χ1) is 14.7. The van der Waals surface area contributed by atoms with Gasteiger partial charge in [-0.05, 0) is 44.5 Å². The van der Waals surface area contributed by atoms with Crippen molar-refractivity contribution in [1.29, 1.82) is 0 Å². The van der Waals surface area contributed by atoms with Crippen molar-refractivity contribution in [2.75, 3.05) is 13.2 Å². The molecule has 0 aliphatic carbocycles. The van der Waals surface area contributed by atoms with Gasteiger partial charge in [0, 0.05) is 5.56 Å². The van der Waals surface area contributed by atoms with Gasteiger partial charge in [-0.25, -0.2) is 22.8 Å². The van der Waals surface area contributed by atoms with Crippen LogP contribution in [-0.4, -0.2) is 30.3 Å². The summed E-state index contributed by atoms with van der Waals surface area (Å²) in [7, 11) is 0. The van der Waals surface area contributed by atoms with E-state index in [9.17, 15) is 22.8 Å². The molecule has 5 nitrogen and oxygen atoms in total. The summed E-state index contributed by atoms with van der Waals surface area (Å²) < 4.78 is 48.5. The van der Waals surface area contributed by atoms with Crippen LogP contribution in [0.25, 0.3) is 0 Å². The van der Waals surface area contributed by atoms with Gasteiger partial charge < -0.3 is 14.6 Å². The highest BCUT2D eigenvalue weighted by molar-refractivity contribution is 5.90. The summed E-state index contributed by atoms with van der Waals surface area (Å²) in [6, 6.07) is 7.77. The van der Waals surface area contributed by atoms with Crippen LogP contribution in [-0.2, 0) is 9.53 Å². The summed E-state index contributed by atoms with van der Waals surface area (Å²) in [5.74, 6) is -5.02. The van der Waals surface area contributed by atoms with Crippen molar-refractivity contribution in [3.63, 3.8) is 0 Å². The van der Waals surface area contributed by atoms with E-state index in [0.717, 1.165) is 12.5 Å². The molecule has 174 valence electrons. The zero-order chi connectivity index (χ0) is 24.6. The molecule has 0 aliphatic heterocycles. The molecular formula is C23H31F3O5. The van der Waals surface area contributed by atoms with Crippen molar-refractivity contribution >= 4 is 11.9 Å². The second kappa shape index (κ2) is 16.7. The Morgan fingerprint density at radius 3 is 2.03 bits per heavy atom. The molecule has 0 aliphatic rings. The minimum Gasteiger partial charge on any atom is -0.482 e. The van der Waals surface area contributed by atoms with Crippen molar-refractivity contribution in [3.8, 4) is 5.75 Å². The number of ether oxygens (including phenoxy) is 2. The van der Waals surface area contributed by atoms with E-state index in [1.807, 2.05) is 46.8 Å². The molecular weight excluding hydrogens is 413 g/mol. The SMILES string of the molecule is CC.CC.CCOC(=O)c1cc(F)c(F)c(C)c1F.Cc1cccc(OCC(=O)O)c1. The van der Waals surface area contributed by atoms with E-state index in [4.69, 9.17) is 9.84 Å². The van der Waals surface area contributed by atoms with E-state index in [1.54, 1.807) is 12.1 Å². The third-order valence-electron chi connectivity index (χ3n) is 3.22. The molecule has 0 spiro atoms. The lowest BCUT2D eigenvalue weighted by Gasteiger charge is -2.06. The standard InChI is InChI=1S/C10H9F3O2.C9H10O3.2C2H6/c1-3-15-10(14)6-4-7(11)9(13)5(2)8(6)12;1-7-3-2-4-8(5-7)12-6-9(10)11;2*1-2/h4H,3H2,1-2H3;2-5H,6H2,1H3,(H,10,11);2*1-2H3. The Balaban J connectivity index is 0. The maximum absolute atomic E-state index is 13.3. The Morgan fingerprint density at radius 2 is 1.55 bits per heavy atom. The predicted molar refractivity (Wildman–Crippen MR) is 114 cm³/mol. The molecule has 0 radical (unpaired) electrons. The molecule has 0 unspecified atom stereocenters. The van der Waals surface area contributed by atoms with Crippen molar-refractivity contribution < 1.29 is 37.3 Å². The van der Waals surface area contributed by atoms with Gasteiger partial charge in [0.15, 0.2) is 18.2 Å². The molecule has 0 aromatic heterocycles. The summed E-state index contributed by atoms with van der Waals surface area (Å²) in [5, 5.41) is 8.32. The molecule has 0 amide bonds. The van der Waals surface area contributed by atoms with Crippen molar-refractivity contribution in [2.24, 2.45) is 0 Å². The van der Waals surface area contributed by atoms with Crippen molar-refractivity contribution in [2.45, 2.75) is 48.5 Å². The third kappa shape index (κ3) is 11.1. The van der Waals surface area contributed by atoms with Crippen LogP contribution in [0.5, 0.6) is 5.75 Å². The largest absolute Gasteiger partial charge is 0.482 e. The summed E-state index contributed by atoms with van der Waals surface area (Å²) in [5.41, 5.74) is -0.0656. The number of carbonyl (C=O) groups is 2. The van der Waals surface area contributed by atoms with Crippen LogP contribution in [0.2, 0.25) is 0 Å². The first-order valence-electron chi connectivity index (χ1n) is 9.89. The van der Waals surface area contributed by atoms with Gasteiger partial charge in [-0.1, -0.05) is 39.8 Å². The van der Waals surface area contributed by atoms with Crippen molar-refractivity contribution in [3.05, 3.63) is 64.5 Å². The monoisotopic (exact) mass is 444 g/mol. The van der Waals surface area contributed by atoms with E-state index >= 15 is 0 Å². The molecule has 0 fully saturated rings. The fraction of sp³-hybridized carbons (Fsp3) is 0.391. The lowest BCUT2D eigenvalue weighted by atomic mass is 10.1. The highest BCUT2D eigenvalue weighted by Gasteiger charge is 2.20. The number of esters is 1. The Morgan fingerprint density at radius 1 is 0.968 bits per heavy atom. The highest BCUT2D eigenvalue weighted by atomic mass is 19.2. The minimum absolute atomic E-state index is 0.0380. The number of hydrogen-bond donors (Lipinski definition) is 1. The molecule has 0 atom stereocenters. The van der Waals surface area contributed by atoms with Crippen LogP contribution in [0.4, 0.5) is 13.2 Å². The zero-order valence-electron chi connectivity index (χ0n) is 19.0. The Labute approximate surface area is 181 Å². The average Bonchev–Trinajstić information content (AvgIpc) is 2.77. The van der Waals surface area contributed by atoms with Crippen LogP contribution >= 0.6 is 0 Å². The number of carboxylic acids is 1. The maximum Gasteiger partial charge on any atom is 0.341 e. The minimum atomic E-state index is -1.29. The van der Waals surface area contributed by atoms with Crippen LogP contribution in [0, 0.1) is 31.3 Å². The fourth-order valence-electron chi connectivity index (χ4n) is 1.94. The van der Waals surface area contributed by atoms with Gasteiger partial charge in [-0.2, -0.15) is 0 Å². The van der Waals surface area contributed by atoms with Gasteiger partial charge in [-0.3, -0.25) is 0 Å². The lowest BCUT2D eigenvalue weighted by molar-refractivity contribution is -0.139. The van der Waals surface area contributed by atoms with E-state index < -0.39 is 40.5 Å². The van der Waals surface area contributed by atoms with Gasteiger partial charge in [0.05, 0.1) is 12.2 Å². The molecule has 0 saturated carbocycles. The molecule has 2 aromatic rings. The number of aryl methyl sites for hydroxylation is 1.